The summed E-state index contributed by atoms with van der Waals surface area (Å²) in [6.45, 7) is 0. The third-order valence-electron chi connectivity index (χ3n) is 0. The molecule has 0 aliphatic heterocycles. The molecule has 11 heavy (non-hydrogen) atoms. The Morgan fingerprint density at radius 1 is 0.909 bits per heavy atom. The Balaban J connectivity index is -0.0000000339. The minimum Gasteiger partial charge on any atom is -0.400 e. The molecule has 0 unspecified atom stereocenters. The predicted octanol–water partition coefficient (Wildman–Crippen LogP) is -1.25. The first kappa shape index (κ1) is 22.5. The van der Waals surface area contributed by atoms with Gasteiger partial charge in [-0.1, -0.05) is 0 Å². The van der Waals surface area contributed by atoms with Crippen molar-refractivity contribution in [2.45, 2.75) is 0 Å². The van der Waals surface area contributed by atoms with Crippen molar-refractivity contribution in [1.29, 1.82) is 0 Å². The van der Waals surface area contributed by atoms with Crippen molar-refractivity contribution in [2.75, 3.05) is 7.11 Å². The number of nitrogens with zero attached hydrogens (tertiary/aromatic N) is 2. The van der Waals surface area contributed by atoms with Gasteiger partial charge in [0.2, 0.25) is 0 Å². The van der Waals surface area contributed by atoms with E-state index in [9.17, 15) is 0 Å². The van der Waals surface area contributed by atoms with Gasteiger partial charge in [0.1, 0.15) is 0 Å². The number of aliphatic hydroxyl groups excluding tert-OH is 1. The van der Waals surface area contributed by atoms with Crippen molar-refractivity contribution in [3.05, 3.63) is 30.6 Å². The molecule has 0 rings (SSSR count). The number of hydrogen-bond acceptors (Lipinski definition) is 7. The van der Waals surface area contributed by atoms with E-state index >= 15 is 0 Å². The molecule has 0 saturated heterocycles. The van der Waals surface area contributed by atoms with Crippen LogP contribution >= 0.6 is 0 Å². The van der Waals surface area contributed by atoms with E-state index in [1.54, 1.807) is 0 Å². The first-order valence-electron chi connectivity index (χ1n) is 1.54. The quantitative estimate of drug-likeness (QED) is 0.277. The van der Waals surface area contributed by atoms with Crippen molar-refractivity contribution in [1.82, 2.24) is 0 Å². The van der Waals surface area contributed by atoms with E-state index in [4.69, 9.17) is 35.7 Å². The molecule has 0 heterocycles. The summed E-state index contributed by atoms with van der Waals surface area (Å²) in [7, 11) is 1.00. The Morgan fingerprint density at radius 2 is 0.909 bits per heavy atom. The van der Waals surface area contributed by atoms with Crippen LogP contribution in [0.2, 0.25) is 0 Å². The molecule has 0 aromatic heterocycles. The second kappa shape index (κ2) is 22.9. The summed E-state index contributed by atoms with van der Waals surface area (Å²) < 4.78 is 0. The van der Waals surface area contributed by atoms with E-state index in [1.165, 1.54) is 0 Å². The van der Waals surface area contributed by atoms with Crippen molar-refractivity contribution >= 4 is 23.1 Å². The van der Waals surface area contributed by atoms with Gasteiger partial charge in [-0.2, -0.15) is 0 Å². The van der Waals surface area contributed by atoms with Crippen LogP contribution in [-0.4, -0.2) is 45.4 Å². The van der Waals surface area contributed by atoms with Gasteiger partial charge < -0.3 is 35.7 Å². The second-order valence-electron chi connectivity index (χ2n) is 0.447. The average Bonchev–Trinajstić information content (AvgIpc) is 1.66. The van der Waals surface area contributed by atoms with E-state index in [1.807, 2.05) is 0 Å². The van der Waals surface area contributed by atoms with Gasteiger partial charge >= 0.3 is 23.1 Å². The summed E-state index contributed by atoms with van der Waals surface area (Å²) in [5, 5.41) is 36.5. The Morgan fingerprint density at radius 3 is 0.909 bits per heavy atom. The standard InChI is InChI=1S/CH4O.Mg.2NO3/c1-2;;2*2-1(3)4/h2H,1H3;;;/q;+2;2*-1. The molecule has 10 heteroatoms. The Hall–Kier alpha value is -0.874. The molecule has 0 aliphatic carbocycles. The minimum absolute atomic E-state index is 0. The fourth-order valence-electron chi connectivity index (χ4n) is 0. The SMILES string of the molecule is CO.O=[N+]([O-])[O-].O=[N+]([O-])[O-].[Mg+2]. The van der Waals surface area contributed by atoms with E-state index in [0.717, 1.165) is 7.11 Å². The molecular weight excluding hydrogens is 176 g/mol. The van der Waals surface area contributed by atoms with Crippen molar-refractivity contribution in [3.63, 3.8) is 0 Å². The van der Waals surface area contributed by atoms with Gasteiger partial charge in [-0.25, -0.2) is 0 Å². The monoisotopic (exact) mass is 180 g/mol. The molecule has 0 atom stereocenters. The summed E-state index contributed by atoms with van der Waals surface area (Å²) in [4.78, 5) is 16.5. The second-order valence-corrected chi connectivity index (χ2v) is 0.447. The maximum absolute atomic E-state index is 8.25. The summed E-state index contributed by atoms with van der Waals surface area (Å²) in [5.41, 5.74) is 0. The van der Waals surface area contributed by atoms with Crippen LogP contribution in [0.1, 0.15) is 0 Å². The van der Waals surface area contributed by atoms with Gasteiger partial charge in [0.05, 0.1) is 10.2 Å². The fraction of sp³-hybridized carbons (Fsp3) is 1.00. The third-order valence-corrected chi connectivity index (χ3v) is 0. The topological polar surface area (TPSA) is 153 Å². The average molecular weight is 180 g/mol. The molecule has 0 amide bonds. The molecule has 0 saturated carbocycles. The molecule has 0 aliphatic rings. The first-order valence-corrected chi connectivity index (χ1v) is 1.54. The summed E-state index contributed by atoms with van der Waals surface area (Å²) in [5.74, 6) is 0. The molecule has 0 spiro atoms. The molecule has 0 aromatic rings. The van der Waals surface area contributed by atoms with Crippen molar-refractivity contribution in [2.24, 2.45) is 0 Å². The summed E-state index contributed by atoms with van der Waals surface area (Å²) >= 11 is 0. The predicted molar refractivity (Wildman–Crippen MR) is 34.6 cm³/mol. The van der Waals surface area contributed by atoms with Crippen molar-refractivity contribution in [3.8, 4) is 0 Å². The van der Waals surface area contributed by atoms with E-state index < -0.39 is 10.2 Å². The van der Waals surface area contributed by atoms with Crippen LogP contribution in [0.3, 0.4) is 0 Å². The molecular formula is CH4MgN2O7. The van der Waals surface area contributed by atoms with Crippen LogP contribution in [0.4, 0.5) is 0 Å². The van der Waals surface area contributed by atoms with Gasteiger partial charge in [0, 0.05) is 7.11 Å². The zero-order chi connectivity index (χ0) is 9.15. The zero-order valence-electron chi connectivity index (χ0n) is 5.50. The third kappa shape index (κ3) is 607. The van der Waals surface area contributed by atoms with Crippen LogP contribution in [0.25, 0.3) is 0 Å². The van der Waals surface area contributed by atoms with Crippen LogP contribution in [0, 0.1) is 30.6 Å². The maximum Gasteiger partial charge on any atom is 2.00 e. The van der Waals surface area contributed by atoms with Gasteiger partial charge in [-0.3, -0.25) is 0 Å². The molecule has 0 radical (unpaired) electrons. The minimum atomic E-state index is -1.75. The van der Waals surface area contributed by atoms with Gasteiger partial charge in [0.25, 0.3) is 0 Å². The van der Waals surface area contributed by atoms with Crippen LogP contribution in [0.15, 0.2) is 0 Å². The van der Waals surface area contributed by atoms with Crippen LogP contribution in [-0.2, 0) is 0 Å². The molecule has 62 valence electrons. The molecule has 9 nitrogen and oxygen atoms in total. The van der Waals surface area contributed by atoms with Crippen molar-refractivity contribution < 1.29 is 15.3 Å². The normalized spacial score (nSPS) is 4.91. The smallest absolute Gasteiger partial charge is 0.400 e. The van der Waals surface area contributed by atoms with Crippen LogP contribution in [0.5, 0.6) is 0 Å². The number of hydrogen-bond donors (Lipinski definition) is 1. The zero-order valence-corrected chi connectivity index (χ0v) is 6.91. The van der Waals surface area contributed by atoms with E-state index in [2.05, 4.69) is 0 Å². The largest absolute Gasteiger partial charge is 2.00 e. The first-order chi connectivity index (χ1) is 4.46. The van der Waals surface area contributed by atoms with Crippen LogP contribution < -0.4 is 0 Å². The molecule has 1 N–H and O–H groups in total. The van der Waals surface area contributed by atoms with E-state index in [0.29, 0.717) is 0 Å². The Kier molecular flexibility index (Phi) is 46.9. The maximum atomic E-state index is 8.25. The van der Waals surface area contributed by atoms with Gasteiger partial charge in [-0.15, -0.1) is 0 Å². The number of rotatable bonds is 0. The van der Waals surface area contributed by atoms with E-state index in [-0.39, 0.29) is 23.1 Å². The summed E-state index contributed by atoms with van der Waals surface area (Å²) in [6, 6.07) is 0. The number of aliphatic hydroxyl groups is 1. The van der Waals surface area contributed by atoms with Gasteiger partial charge in [0.15, 0.2) is 0 Å². The summed E-state index contributed by atoms with van der Waals surface area (Å²) in [6.07, 6.45) is 0. The molecule has 0 fully saturated rings. The molecule has 0 aromatic carbocycles. The Labute approximate surface area is 76.6 Å². The molecule has 0 bridgehead atoms. The van der Waals surface area contributed by atoms with Gasteiger partial charge in [-0.05, 0) is 0 Å². The fourth-order valence-corrected chi connectivity index (χ4v) is 0. The Bertz CT molecular complexity index is 74.4.